The van der Waals surface area contributed by atoms with Gasteiger partial charge < -0.3 is 11.1 Å². The van der Waals surface area contributed by atoms with Crippen molar-refractivity contribution in [1.29, 1.82) is 0 Å². The molecule has 154 valence electrons. The Morgan fingerprint density at radius 2 is 1.79 bits per heavy atom. The van der Waals surface area contributed by atoms with E-state index in [4.69, 9.17) is 5.73 Å². The summed E-state index contributed by atoms with van der Waals surface area (Å²) in [7, 11) is 0. The number of carbonyl (C=O) groups is 5. The molecule has 1 saturated heterocycles. The monoisotopic (exact) mass is 400 g/mol. The summed E-state index contributed by atoms with van der Waals surface area (Å²) in [5.74, 6) is -2.42. The first-order chi connectivity index (χ1) is 13.9. The van der Waals surface area contributed by atoms with E-state index in [2.05, 4.69) is 10.6 Å². The Morgan fingerprint density at radius 1 is 1.07 bits per heavy atom. The largest absolute Gasteiger partial charge is 0.330 e. The maximum Gasteiger partial charge on any atom is 0.262 e. The minimum atomic E-state index is -1.01. The number of unbranched alkanes of at least 4 members (excludes halogenated alkanes) is 3. The van der Waals surface area contributed by atoms with Crippen LogP contribution in [0.3, 0.4) is 0 Å². The molecule has 5 amide bonds. The van der Waals surface area contributed by atoms with Crippen molar-refractivity contribution in [1.82, 2.24) is 10.2 Å². The van der Waals surface area contributed by atoms with E-state index in [0.717, 1.165) is 30.6 Å². The summed E-state index contributed by atoms with van der Waals surface area (Å²) in [6.45, 7) is 0.643. The molecule has 3 rings (SSSR count). The van der Waals surface area contributed by atoms with Gasteiger partial charge in [-0.3, -0.25) is 34.2 Å². The second-order valence-corrected chi connectivity index (χ2v) is 7.21. The summed E-state index contributed by atoms with van der Waals surface area (Å²) >= 11 is 0. The molecule has 1 fully saturated rings. The Balaban J connectivity index is 1.65. The van der Waals surface area contributed by atoms with E-state index in [1.54, 1.807) is 6.07 Å². The number of amides is 5. The minimum Gasteiger partial charge on any atom is -0.330 e. The number of hydrogen-bond donors (Lipinski definition) is 3. The number of benzene rings is 1. The van der Waals surface area contributed by atoms with E-state index in [1.807, 2.05) is 0 Å². The number of hydrogen-bond acceptors (Lipinski definition) is 6. The zero-order valence-corrected chi connectivity index (χ0v) is 16.0. The smallest absolute Gasteiger partial charge is 0.262 e. The molecule has 0 spiro atoms. The zero-order chi connectivity index (χ0) is 21.0. The van der Waals surface area contributed by atoms with Crippen LogP contribution in [-0.2, 0) is 14.4 Å². The van der Waals surface area contributed by atoms with Crippen LogP contribution in [0, 0.1) is 0 Å². The lowest BCUT2D eigenvalue weighted by atomic mass is 10.0. The zero-order valence-electron chi connectivity index (χ0n) is 16.0. The molecule has 9 heteroatoms. The van der Waals surface area contributed by atoms with Crippen LogP contribution in [0.15, 0.2) is 18.2 Å². The molecule has 29 heavy (non-hydrogen) atoms. The van der Waals surface area contributed by atoms with Crippen molar-refractivity contribution in [3.63, 3.8) is 0 Å². The Bertz CT molecular complexity index is 866. The van der Waals surface area contributed by atoms with Gasteiger partial charge in [-0.05, 0) is 44.0 Å². The van der Waals surface area contributed by atoms with Crippen molar-refractivity contribution in [2.24, 2.45) is 5.73 Å². The van der Waals surface area contributed by atoms with Crippen LogP contribution in [0.2, 0.25) is 0 Å². The fourth-order valence-corrected chi connectivity index (χ4v) is 3.56. The number of anilines is 1. The predicted molar refractivity (Wildman–Crippen MR) is 104 cm³/mol. The van der Waals surface area contributed by atoms with Crippen LogP contribution in [-0.4, -0.2) is 47.0 Å². The number of rotatable bonds is 8. The molecule has 4 N–H and O–H groups in total. The number of fused-ring (bicyclic) bond motifs is 1. The quantitative estimate of drug-likeness (QED) is 0.438. The molecule has 2 heterocycles. The molecule has 0 aromatic heterocycles. The van der Waals surface area contributed by atoms with E-state index in [-0.39, 0.29) is 29.9 Å². The normalized spacial score (nSPS) is 18.7. The van der Waals surface area contributed by atoms with Crippen molar-refractivity contribution in [3.05, 3.63) is 29.3 Å². The maximum absolute atomic E-state index is 12.8. The summed E-state index contributed by atoms with van der Waals surface area (Å²) < 4.78 is 0. The van der Waals surface area contributed by atoms with E-state index in [9.17, 15) is 24.0 Å². The number of imide groups is 2. The molecule has 2 aliphatic heterocycles. The third-order valence-corrected chi connectivity index (χ3v) is 5.08. The van der Waals surface area contributed by atoms with Crippen molar-refractivity contribution < 1.29 is 24.0 Å². The summed E-state index contributed by atoms with van der Waals surface area (Å²) in [4.78, 5) is 61.8. The van der Waals surface area contributed by atoms with E-state index in [1.165, 1.54) is 12.1 Å². The third-order valence-electron chi connectivity index (χ3n) is 5.08. The minimum absolute atomic E-state index is 0.0659. The first-order valence-corrected chi connectivity index (χ1v) is 9.78. The van der Waals surface area contributed by atoms with Gasteiger partial charge in [-0.25, -0.2) is 0 Å². The second kappa shape index (κ2) is 8.95. The molecule has 1 unspecified atom stereocenters. The van der Waals surface area contributed by atoms with Gasteiger partial charge in [0.2, 0.25) is 17.7 Å². The van der Waals surface area contributed by atoms with E-state index >= 15 is 0 Å². The van der Waals surface area contributed by atoms with Gasteiger partial charge in [-0.1, -0.05) is 12.8 Å². The fourth-order valence-electron chi connectivity index (χ4n) is 3.56. The van der Waals surface area contributed by atoms with Crippen molar-refractivity contribution in [3.8, 4) is 0 Å². The summed E-state index contributed by atoms with van der Waals surface area (Å²) in [6.07, 6.45) is 4.11. The first kappa shape index (κ1) is 20.7. The molecule has 0 bridgehead atoms. The van der Waals surface area contributed by atoms with Gasteiger partial charge in [0, 0.05) is 18.5 Å². The molecule has 0 saturated carbocycles. The van der Waals surface area contributed by atoms with Gasteiger partial charge in [-0.2, -0.15) is 0 Å². The van der Waals surface area contributed by atoms with Gasteiger partial charge in [0.05, 0.1) is 11.1 Å². The lowest BCUT2D eigenvalue weighted by Crippen LogP contribution is -2.54. The topological polar surface area (TPSA) is 139 Å². The summed E-state index contributed by atoms with van der Waals surface area (Å²) in [5, 5.41) is 4.89. The lowest BCUT2D eigenvalue weighted by molar-refractivity contribution is -0.136. The van der Waals surface area contributed by atoms with Crippen LogP contribution < -0.4 is 16.4 Å². The molecule has 0 radical (unpaired) electrons. The van der Waals surface area contributed by atoms with Crippen LogP contribution in [0.5, 0.6) is 0 Å². The first-order valence-electron chi connectivity index (χ1n) is 9.78. The molecule has 1 aromatic rings. The van der Waals surface area contributed by atoms with Crippen LogP contribution in [0.25, 0.3) is 0 Å². The number of nitrogens with one attached hydrogen (secondary N) is 2. The molecule has 1 aromatic carbocycles. The number of carbonyl (C=O) groups excluding carboxylic acids is 5. The van der Waals surface area contributed by atoms with Crippen LogP contribution >= 0.6 is 0 Å². The van der Waals surface area contributed by atoms with Gasteiger partial charge in [0.25, 0.3) is 11.8 Å². The second-order valence-electron chi connectivity index (χ2n) is 7.21. The molecule has 1 atom stereocenters. The Labute approximate surface area is 168 Å². The van der Waals surface area contributed by atoms with Gasteiger partial charge in [-0.15, -0.1) is 0 Å². The molecule has 0 aliphatic carbocycles. The van der Waals surface area contributed by atoms with Gasteiger partial charge >= 0.3 is 0 Å². The molecular weight excluding hydrogens is 376 g/mol. The molecule has 2 aliphatic rings. The number of nitrogens with zero attached hydrogens (tertiary/aromatic N) is 1. The highest BCUT2D eigenvalue weighted by Gasteiger charge is 2.44. The molecular formula is C20H24N4O5. The molecule has 9 nitrogen and oxygen atoms in total. The summed E-state index contributed by atoms with van der Waals surface area (Å²) in [6, 6.07) is 3.47. The van der Waals surface area contributed by atoms with E-state index in [0.29, 0.717) is 18.7 Å². The summed E-state index contributed by atoms with van der Waals surface area (Å²) in [5.41, 5.74) is 6.18. The standard InChI is InChI=1S/C20H24N4O5/c21-10-4-2-1-3-5-16(25)22-12-6-7-13-14(11-12)20(29)24(19(13)28)15-8-9-17(26)23-18(15)27/h6-7,11,15H,1-5,8-10,21H2,(H,22,25)(H,23,26,27). The Kier molecular flexibility index (Phi) is 6.38. The highest BCUT2D eigenvalue weighted by molar-refractivity contribution is 6.23. The fraction of sp³-hybridized carbons (Fsp3) is 0.450. The predicted octanol–water partition coefficient (Wildman–Crippen LogP) is 0.935. The lowest BCUT2D eigenvalue weighted by Gasteiger charge is -2.27. The number of piperidine rings is 1. The SMILES string of the molecule is NCCCCCCC(=O)Nc1ccc2c(c1)C(=O)N(C1CCC(=O)NC1=O)C2=O. The average molecular weight is 400 g/mol. The van der Waals surface area contributed by atoms with Gasteiger partial charge in [0.1, 0.15) is 6.04 Å². The Morgan fingerprint density at radius 3 is 2.52 bits per heavy atom. The van der Waals surface area contributed by atoms with E-state index < -0.39 is 29.7 Å². The van der Waals surface area contributed by atoms with Crippen molar-refractivity contribution in [2.45, 2.75) is 51.0 Å². The van der Waals surface area contributed by atoms with Crippen molar-refractivity contribution >= 4 is 35.2 Å². The maximum atomic E-state index is 12.8. The highest BCUT2D eigenvalue weighted by Crippen LogP contribution is 2.29. The van der Waals surface area contributed by atoms with Crippen molar-refractivity contribution in [2.75, 3.05) is 11.9 Å². The highest BCUT2D eigenvalue weighted by atomic mass is 16.2. The third kappa shape index (κ3) is 4.51. The van der Waals surface area contributed by atoms with Gasteiger partial charge in [0.15, 0.2) is 0 Å². The van der Waals surface area contributed by atoms with Crippen LogP contribution in [0.1, 0.15) is 65.7 Å². The Hall–Kier alpha value is -3.07. The number of nitrogens with two attached hydrogens (primary N) is 1. The van der Waals surface area contributed by atoms with Crippen LogP contribution in [0.4, 0.5) is 5.69 Å². The average Bonchev–Trinajstić information content (AvgIpc) is 2.92.